The van der Waals surface area contributed by atoms with Gasteiger partial charge in [0.15, 0.2) is 10.9 Å². The molecule has 2 aromatic rings. The van der Waals surface area contributed by atoms with Gasteiger partial charge in [-0.25, -0.2) is 4.98 Å². The maximum atomic E-state index is 12.7. The lowest BCUT2D eigenvalue weighted by atomic mass is 9.76. The average Bonchev–Trinajstić information content (AvgIpc) is 2.60. The molecule has 0 fully saturated rings. The third-order valence-electron chi connectivity index (χ3n) is 4.63. The van der Waals surface area contributed by atoms with E-state index in [1.807, 2.05) is 12.3 Å². The van der Waals surface area contributed by atoms with Crippen LogP contribution in [0.4, 0.5) is 5.82 Å². The van der Waals surface area contributed by atoms with Gasteiger partial charge < -0.3 is 15.4 Å². The number of aromatic amines is 1. The van der Waals surface area contributed by atoms with Gasteiger partial charge in [0.2, 0.25) is 0 Å². The van der Waals surface area contributed by atoms with E-state index in [4.69, 9.17) is 0 Å². The number of fused-ring (bicyclic) bond motifs is 1. The van der Waals surface area contributed by atoms with Gasteiger partial charge in [0.1, 0.15) is 11.6 Å². The summed E-state index contributed by atoms with van der Waals surface area (Å²) in [5.41, 5.74) is 2.34. The summed E-state index contributed by atoms with van der Waals surface area (Å²) in [6.45, 7) is 0. The Morgan fingerprint density at radius 3 is 2.88 bits per heavy atom. The van der Waals surface area contributed by atoms with Gasteiger partial charge in [0.05, 0.1) is 5.56 Å². The molecule has 0 spiro atoms. The summed E-state index contributed by atoms with van der Waals surface area (Å²) in [6, 6.07) is 6.72. The minimum absolute atomic E-state index is 0.0427. The van der Waals surface area contributed by atoms with Gasteiger partial charge in [-0.1, -0.05) is 23.9 Å². The fourth-order valence-electron chi connectivity index (χ4n) is 3.57. The predicted molar refractivity (Wildman–Crippen MR) is 96.1 cm³/mol. The van der Waals surface area contributed by atoms with E-state index >= 15 is 0 Å². The quantitative estimate of drug-likeness (QED) is 0.566. The Morgan fingerprint density at radius 1 is 1.28 bits per heavy atom. The molecule has 1 aliphatic heterocycles. The SMILES string of the molecule is CSc1nc2c(c(=O)[nH]1)[C@@H](c1cccc(O)c1)C1=C(CCCC1=O)N2. The lowest BCUT2D eigenvalue weighted by Crippen LogP contribution is -2.32. The molecular formula is C18H17N3O3S. The zero-order chi connectivity index (χ0) is 17.6. The summed E-state index contributed by atoms with van der Waals surface area (Å²) in [5, 5.41) is 13.6. The summed E-state index contributed by atoms with van der Waals surface area (Å²) in [4.78, 5) is 32.7. The van der Waals surface area contributed by atoms with Crippen LogP contribution in [0.1, 0.15) is 36.3 Å². The second-order valence-corrected chi connectivity index (χ2v) is 6.95. The number of carbonyl (C=O) groups is 1. The number of ketones is 1. The first-order chi connectivity index (χ1) is 12.1. The maximum Gasteiger partial charge on any atom is 0.257 e. The van der Waals surface area contributed by atoms with E-state index in [0.717, 1.165) is 24.1 Å². The molecule has 4 rings (SSSR count). The molecule has 0 saturated heterocycles. The molecule has 0 radical (unpaired) electrons. The summed E-state index contributed by atoms with van der Waals surface area (Å²) in [5.74, 6) is 0.127. The third kappa shape index (κ3) is 2.64. The summed E-state index contributed by atoms with van der Waals surface area (Å²) in [7, 11) is 0. The Bertz CT molecular complexity index is 964. The number of Topliss-reactive ketones (excluding diaryl/α,β-unsaturated/α-hetero) is 1. The van der Waals surface area contributed by atoms with Crippen LogP contribution in [0.2, 0.25) is 0 Å². The molecule has 1 aromatic heterocycles. The minimum Gasteiger partial charge on any atom is -0.508 e. The zero-order valence-electron chi connectivity index (χ0n) is 13.6. The number of rotatable bonds is 2. The number of benzene rings is 1. The fraction of sp³-hybridized carbons (Fsp3) is 0.278. The first-order valence-corrected chi connectivity index (χ1v) is 9.31. The molecule has 3 N–H and O–H groups in total. The van der Waals surface area contributed by atoms with Crippen molar-refractivity contribution in [2.24, 2.45) is 0 Å². The molecule has 0 amide bonds. The average molecular weight is 355 g/mol. The monoisotopic (exact) mass is 355 g/mol. The molecule has 0 saturated carbocycles. The van der Waals surface area contributed by atoms with Crippen molar-refractivity contribution in [1.82, 2.24) is 9.97 Å². The smallest absolute Gasteiger partial charge is 0.257 e. The van der Waals surface area contributed by atoms with E-state index in [0.29, 0.717) is 28.5 Å². The van der Waals surface area contributed by atoms with E-state index in [9.17, 15) is 14.7 Å². The lowest BCUT2D eigenvalue weighted by Gasteiger charge is -2.32. The van der Waals surface area contributed by atoms with Crippen LogP contribution in [0.3, 0.4) is 0 Å². The van der Waals surface area contributed by atoms with Crippen LogP contribution in [0.5, 0.6) is 5.75 Å². The highest BCUT2D eigenvalue weighted by Gasteiger charge is 2.37. The van der Waals surface area contributed by atoms with Gasteiger partial charge in [0.25, 0.3) is 5.56 Å². The number of anilines is 1. The highest BCUT2D eigenvalue weighted by molar-refractivity contribution is 7.98. The second kappa shape index (κ2) is 6.07. The lowest BCUT2D eigenvalue weighted by molar-refractivity contribution is -0.116. The van der Waals surface area contributed by atoms with Gasteiger partial charge in [-0.05, 0) is 36.8 Å². The van der Waals surface area contributed by atoms with Crippen LogP contribution in [-0.2, 0) is 4.79 Å². The Morgan fingerprint density at radius 2 is 2.12 bits per heavy atom. The number of allylic oxidation sites excluding steroid dienone is 2. The van der Waals surface area contributed by atoms with Crippen molar-refractivity contribution in [3.05, 3.63) is 57.0 Å². The number of thioether (sulfide) groups is 1. The third-order valence-corrected chi connectivity index (χ3v) is 5.21. The first-order valence-electron chi connectivity index (χ1n) is 8.09. The number of hydrogen-bond acceptors (Lipinski definition) is 6. The van der Waals surface area contributed by atoms with Gasteiger partial charge in [0, 0.05) is 23.6 Å². The van der Waals surface area contributed by atoms with E-state index in [2.05, 4.69) is 15.3 Å². The molecule has 1 atom stereocenters. The Kier molecular flexibility index (Phi) is 3.88. The van der Waals surface area contributed by atoms with E-state index in [1.165, 1.54) is 11.8 Å². The second-order valence-electron chi connectivity index (χ2n) is 6.16. The predicted octanol–water partition coefficient (Wildman–Crippen LogP) is 2.76. The van der Waals surface area contributed by atoms with Crippen LogP contribution in [0.15, 0.2) is 45.5 Å². The number of phenols is 1. The van der Waals surface area contributed by atoms with Gasteiger partial charge in [-0.15, -0.1) is 0 Å². The molecule has 0 unspecified atom stereocenters. The standard InChI is InChI=1S/C18H17N3O3S/c1-25-18-20-16-15(17(24)21-18)13(9-4-2-5-10(22)8-9)14-11(19-16)6-3-7-12(14)23/h2,4-5,8,13,22H,3,6-7H2,1H3,(H2,19,20,21,24)/t13-/m0/s1. The topological polar surface area (TPSA) is 95.1 Å². The normalized spacial score (nSPS) is 19.2. The van der Waals surface area contributed by atoms with Gasteiger partial charge in [-0.3, -0.25) is 9.59 Å². The number of aromatic hydroxyl groups is 1. The first kappa shape index (κ1) is 16.0. The molecule has 25 heavy (non-hydrogen) atoms. The number of nitrogens with one attached hydrogen (secondary N) is 2. The summed E-state index contributed by atoms with van der Waals surface area (Å²) >= 11 is 1.36. The van der Waals surface area contributed by atoms with Crippen LogP contribution in [0, 0.1) is 0 Å². The van der Waals surface area contributed by atoms with Crippen molar-refractivity contribution in [3.63, 3.8) is 0 Å². The zero-order valence-corrected chi connectivity index (χ0v) is 14.4. The number of carbonyl (C=O) groups excluding carboxylic acids is 1. The molecule has 128 valence electrons. The van der Waals surface area contributed by atoms with Gasteiger partial charge in [-0.2, -0.15) is 0 Å². The Labute approximate surface area is 148 Å². The Hall–Kier alpha value is -2.54. The highest BCUT2D eigenvalue weighted by Crippen LogP contribution is 2.43. The molecule has 1 aliphatic carbocycles. The molecule has 2 heterocycles. The highest BCUT2D eigenvalue weighted by atomic mass is 32.2. The van der Waals surface area contributed by atoms with Crippen LogP contribution < -0.4 is 10.9 Å². The van der Waals surface area contributed by atoms with Crippen LogP contribution in [-0.4, -0.2) is 27.1 Å². The van der Waals surface area contributed by atoms with Crippen molar-refractivity contribution in [2.75, 3.05) is 11.6 Å². The van der Waals surface area contributed by atoms with Crippen molar-refractivity contribution < 1.29 is 9.90 Å². The molecule has 1 aromatic carbocycles. The van der Waals surface area contributed by atoms with Crippen LogP contribution >= 0.6 is 11.8 Å². The van der Waals surface area contributed by atoms with Crippen LogP contribution in [0.25, 0.3) is 0 Å². The number of hydrogen-bond donors (Lipinski definition) is 3. The number of H-pyrrole nitrogens is 1. The maximum absolute atomic E-state index is 12.7. The fourth-order valence-corrected chi connectivity index (χ4v) is 3.95. The van der Waals surface area contributed by atoms with Crippen molar-refractivity contribution >= 4 is 23.4 Å². The van der Waals surface area contributed by atoms with Gasteiger partial charge >= 0.3 is 0 Å². The minimum atomic E-state index is -0.515. The van der Waals surface area contributed by atoms with E-state index in [1.54, 1.807) is 18.2 Å². The number of aromatic nitrogens is 2. The molecule has 7 heteroatoms. The summed E-state index contributed by atoms with van der Waals surface area (Å²) in [6.07, 6.45) is 3.85. The molecule has 6 nitrogen and oxygen atoms in total. The number of nitrogens with zero attached hydrogens (tertiary/aromatic N) is 1. The molecule has 2 aliphatic rings. The largest absolute Gasteiger partial charge is 0.508 e. The van der Waals surface area contributed by atoms with Crippen molar-refractivity contribution in [2.45, 2.75) is 30.3 Å². The summed E-state index contributed by atoms with van der Waals surface area (Å²) < 4.78 is 0. The van der Waals surface area contributed by atoms with Crippen molar-refractivity contribution in [1.29, 1.82) is 0 Å². The van der Waals surface area contributed by atoms with E-state index < -0.39 is 5.92 Å². The Balaban J connectivity index is 2.00. The van der Waals surface area contributed by atoms with Crippen molar-refractivity contribution in [3.8, 4) is 5.75 Å². The van der Waals surface area contributed by atoms with E-state index in [-0.39, 0.29) is 17.1 Å². The molecule has 0 bridgehead atoms. The number of phenolic OH excluding ortho intramolecular Hbond substituents is 1. The molecular weight excluding hydrogens is 338 g/mol.